The van der Waals surface area contributed by atoms with Crippen LogP contribution in [0.1, 0.15) is 36.7 Å². The smallest absolute Gasteiger partial charge is 0.312 e. The van der Waals surface area contributed by atoms with Gasteiger partial charge in [-0.25, -0.2) is 4.98 Å². The van der Waals surface area contributed by atoms with Gasteiger partial charge < -0.3 is 4.74 Å². The van der Waals surface area contributed by atoms with Crippen LogP contribution in [0.3, 0.4) is 0 Å². The number of nitro groups is 1. The Morgan fingerprint density at radius 2 is 1.89 bits per heavy atom. The molecule has 4 rings (SSSR count). The van der Waals surface area contributed by atoms with Gasteiger partial charge in [0.25, 0.3) is 5.56 Å². The van der Waals surface area contributed by atoms with Gasteiger partial charge in [0, 0.05) is 22.0 Å². The van der Waals surface area contributed by atoms with E-state index < -0.39 is 4.92 Å². The Morgan fingerprint density at radius 3 is 2.57 bits per heavy atom. The van der Waals surface area contributed by atoms with Crippen molar-refractivity contribution in [1.82, 2.24) is 9.66 Å². The lowest BCUT2D eigenvalue weighted by Crippen LogP contribution is -2.23. The number of nitrogens with zero attached hydrogens (tertiary/aromatic N) is 4. The maximum Gasteiger partial charge on any atom is 0.312 e. The van der Waals surface area contributed by atoms with E-state index in [-0.39, 0.29) is 29.5 Å². The molecule has 0 aliphatic heterocycles. The number of rotatable bonds is 7. The Bertz CT molecular complexity index is 1500. The third kappa shape index (κ3) is 5.49. The quantitative estimate of drug-likeness (QED) is 0.139. The molecule has 0 bridgehead atoms. The maximum absolute atomic E-state index is 13.2. The highest BCUT2D eigenvalue weighted by Gasteiger charge is 2.21. The van der Waals surface area contributed by atoms with Crippen LogP contribution >= 0.6 is 31.9 Å². The number of fused-ring (bicyclic) bond motifs is 1. The number of aromatic nitrogens is 2. The Labute approximate surface area is 217 Å². The minimum atomic E-state index is -0.511. The molecule has 0 unspecified atom stereocenters. The molecule has 0 aliphatic rings. The largest absolute Gasteiger partial charge is 0.481 e. The minimum absolute atomic E-state index is 0.0808. The molecule has 0 N–H and O–H groups in total. The van der Waals surface area contributed by atoms with E-state index in [1.807, 2.05) is 50.2 Å². The fraction of sp³-hybridized carbons (Fsp3) is 0.160. The zero-order valence-electron chi connectivity index (χ0n) is 18.8. The van der Waals surface area contributed by atoms with Crippen molar-refractivity contribution in [3.8, 4) is 5.75 Å². The summed E-state index contributed by atoms with van der Waals surface area (Å²) >= 11 is 6.76. The van der Waals surface area contributed by atoms with Crippen molar-refractivity contribution in [2.24, 2.45) is 5.10 Å². The fourth-order valence-corrected chi connectivity index (χ4v) is 4.40. The first-order valence-electron chi connectivity index (χ1n) is 10.7. The highest BCUT2D eigenvalue weighted by atomic mass is 79.9. The summed E-state index contributed by atoms with van der Waals surface area (Å²) in [5.74, 6) is 0.522. The Kier molecular flexibility index (Phi) is 7.42. The Hall–Kier alpha value is -3.37. The van der Waals surface area contributed by atoms with Crippen LogP contribution in [0.15, 0.2) is 79.5 Å². The lowest BCUT2D eigenvalue weighted by atomic mass is 10.2. The molecule has 0 atom stereocenters. The lowest BCUT2D eigenvalue weighted by Gasteiger charge is -2.12. The summed E-state index contributed by atoms with van der Waals surface area (Å²) in [6.45, 7) is 4.01. The first-order valence-corrected chi connectivity index (χ1v) is 12.2. The second-order valence-electron chi connectivity index (χ2n) is 8.03. The van der Waals surface area contributed by atoms with Crippen LogP contribution in [0.25, 0.3) is 10.9 Å². The summed E-state index contributed by atoms with van der Waals surface area (Å²) in [5.41, 5.74) is 1.34. The molecule has 1 heterocycles. The molecule has 0 radical (unpaired) electrons. The van der Waals surface area contributed by atoms with E-state index in [0.717, 1.165) is 10.0 Å². The fourth-order valence-electron chi connectivity index (χ4n) is 3.46. The van der Waals surface area contributed by atoms with Crippen molar-refractivity contribution in [2.45, 2.75) is 26.4 Å². The van der Waals surface area contributed by atoms with Crippen LogP contribution in [0.2, 0.25) is 0 Å². The van der Waals surface area contributed by atoms with Crippen LogP contribution in [0.4, 0.5) is 5.69 Å². The lowest BCUT2D eigenvalue weighted by molar-refractivity contribution is -0.386. The van der Waals surface area contributed by atoms with Crippen molar-refractivity contribution in [3.63, 3.8) is 0 Å². The number of halogens is 2. The van der Waals surface area contributed by atoms with Crippen molar-refractivity contribution < 1.29 is 9.66 Å². The van der Waals surface area contributed by atoms with Gasteiger partial charge in [-0.3, -0.25) is 14.9 Å². The van der Waals surface area contributed by atoms with Gasteiger partial charge in [0.2, 0.25) is 5.75 Å². The van der Waals surface area contributed by atoms with Crippen molar-refractivity contribution in [3.05, 3.63) is 107 Å². The molecule has 3 aromatic carbocycles. The Morgan fingerprint density at radius 1 is 1.14 bits per heavy atom. The van der Waals surface area contributed by atoms with E-state index in [0.29, 0.717) is 26.8 Å². The van der Waals surface area contributed by atoms with Crippen molar-refractivity contribution >= 4 is 54.7 Å². The molecule has 0 aliphatic carbocycles. The van der Waals surface area contributed by atoms with E-state index in [1.165, 1.54) is 17.0 Å². The van der Waals surface area contributed by atoms with E-state index in [1.54, 1.807) is 18.2 Å². The molecule has 0 spiro atoms. The number of hydrogen-bond donors (Lipinski definition) is 0. The molecular weight excluding hydrogens is 580 g/mol. The van der Waals surface area contributed by atoms with E-state index in [4.69, 9.17) is 4.74 Å². The number of hydrogen-bond acceptors (Lipinski definition) is 6. The first kappa shape index (κ1) is 24.7. The van der Waals surface area contributed by atoms with E-state index >= 15 is 0 Å². The SMILES string of the molecule is CC(C)c1nc2ccc(Br)cc2c(=O)n1N=Cc1cc(Br)c(OCc2ccccc2)c([N+](=O)[O-])c1. The minimum Gasteiger partial charge on any atom is -0.481 e. The van der Waals surface area contributed by atoms with Gasteiger partial charge >= 0.3 is 5.69 Å². The molecule has 0 saturated heterocycles. The van der Waals surface area contributed by atoms with Crippen LogP contribution < -0.4 is 10.3 Å². The maximum atomic E-state index is 13.2. The van der Waals surface area contributed by atoms with Crippen LogP contribution in [-0.4, -0.2) is 20.8 Å². The predicted octanol–water partition coefficient (Wildman–Crippen LogP) is 6.41. The molecule has 178 valence electrons. The number of ether oxygens (including phenoxy) is 1. The molecule has 0 fully saturated rings. The monoisotopic (exact) mass is 598 g/mol. The van der Waals surface area contributed by atoms with Crippen molar-refractivity contribution in [2.75, 3.05) is 0 Å². The average Bonchev–Trinajstić information content (AvgIpc) is 2.83. The second kappa shape index (κ2) is 10.5. The summed E-state index contributed by atoms with van der Waals surface area (Å²) in [5, 5.41) is 16.6. The van der Waals surface area contributed by atoms with Gasteiger partial charge in [-0.05, 0) is 45.8 Å². The van der Waals surface area contributed by atoms with Gasteiger partial charge in [-0.2, -0.15) is 9.78 Å². The molecule has 35 heavy (non-hydrogen) atoms. The molecule has 8 nitrogen and oxygen atoms in total. The van der Waals surface area contributed by atoms with Crippen LogP contribution in [0.5, 0.6) is 5.75 Å². The highest BCUT2D eigenvalue weighted by molar-refractivity contribution is 9.10. The summed E-state index contributed by atoms with van der Waals surface area (Å²) < 4.78 is 8.15. The van der Waals surface area contributed by atoms with Crippen LogP contribution in [0, 0.1) is 10.1 Å². The van der Waals surface area contributed by atoms with Crippen molar-refractivity contribution in [1.29, 1.82) is 0 Å². The summed E-state index contributed by atoms with van der Waals surface area (Å²) in [6, 6.07) is 17.7. The highest BCUT2D eigenvalue weighted by Crippen LogP contribution is 2.36. The van der Waals surface area contributed by atoms with E-state index in [9.17, 15) is 14.9 Å². The summed E-state index contributed by atoms with van der Waals surface area (Å²) in [4.78, 5) is 29.1. The molecule has 0 saturated carbocycles. The predicted molar refractivity (Wildman–Crippen MR) is 142 cm³/mol. The van der Waals surface area contributed by atoms with Gasteiger partial charge in [0.1, 0.15) is 12.4 Å². The molecule has 4 aromatic rings. The summed E-state index contributed by atoms with van der Waals surface area (Å²) in [6.07, 6.45) is 1.40. The standard InChI is InChI=1S/C25H20Br2N4O4/c1-15(2)24-29-21-9-8-18(26)12-19(21)25(32)30(24)28-13-17-10-20(27)23(22(11-17)31(33)34)35-14-16-6-4-3-5-7-16/h3-13,15H,14H2,1-2H3. The molecule has 0 amide bonds. The van der Waals surface area contributed by atoms with Crippen LogP contribution in [-0.2, 0) is 6.61 Å². The normalized spacial score (nSPS) is 11.5. The molecule has 1 aromatic heterocycles. The van der Waals surface area contributed by atoms with Gasteiger partial charge in [0.15, 0.2) is 0 Å². The Balaban J connectivity index is 1.73. The average molecular weight is 600 g/mol. The van der Waals surface area contributed by atoms with Gasteiger partial charge in [-0.1, -0.05) is 60.1 Å². The van der Waals surface area contributed by atoms with Gasteiger partial charge in [-0.15, -0.1) is 0 Å². The second-order valence-corrected chi connectivity index (χ2v) is 9.80. The van der Waals surface area contributed by atoms with Gasteiger partial charge in [0.05, 0.1) is 26.5 Å². The number of benzene rings is 3. The third-order valence-corrected chi connectivity index (χ3v) is 6.22. The molecule has 10 heteroatoms. The number of nitro benzene ring substituents is 1. The van der Waals surface area contributed by atoms with E-state index in [2.05, 4.69) is 41.9 Å². The third-order valence-electron chi connectivity index (χ3n) is 5.14. The first-order chi connectivity index (χ1) is 16.7. The zero-order valence-corrected chi connectivity index (χ0v) is 22.0. The summed E-state index contributed by atoms with van der Waals surface area (Å²) in [7, 11) is 0. The topological polar surface area (TPSA) is 99.6 Å². The molecular formula is C25H20Br2N4O4. The zero-order chi connectivity index (χ0) is 25.1.